The van der Waals surface area contributed by atoms with Crippen LogP contribution >= 0.6 is 0 Å². The van der Waals surface area contributed by atoms with E-state index in [1.807, 2.05) is 24.3 Å². The third kappa shape index (κ3) is 4.53. The molecule has 6 N–H and O–H groups in total. The maximum absolute atomic E-state index is 10.4. The van der Waals surface area contributed by atoms with Crippen molar-refractivity contribution in [2.45, 2.75) is 115 Å². The van der Waals surface area contributed by atoms with E-state index in [0.29, 0.717) is 35.2 Å². The van der Waals surface area contributed by atoms with E-state index in [0.717, 1.165) is 50.4 Å². The molecule has 5 heteroatoms. The van der Waals surface area contributed by atoms with E-state index in [-0.39, 0.29) is 28.5 Å². The molecule has 41 heavy (non-hydrogen) atoms. The number of aliphatic hydroxyl groups is 2. The number of rotatable bonds is 0. The normalized spacial score (nSPS) is 41.7. The van der Waals surface area contributed by atoms with Crippen LogP contribution in [0.15, 0.2) is 36.4 Å². The highest BCUT2D eigenvalue weighted by atomic mass is 16.3. The molecule has 5 nitrogen and oxygen atoms in total. The van der Waals surface area contributed by atoms with Crippen molar-refractivity contribution in [2.24, 2.45) is 34.5 Å². The van der Waals surface area contributed by atoms with Crippen molar-refractivity contribution in [3.05, 3.63) is 58.7 Å². The summed E-state index contributed by atoms with van der Waals surface area (Å²) >= 11 is 0. The standard InChI is InChI=1S/2C18H24O2.H2O/c2*1-18-9-8-14-13-5-3-12(19)10-11(13)2-4-15(14)16(18)6-7-17(18)20;/h2*3,5,10,14-17,19-20H,2,4,6-9H2,1H3;1H2/t2*14-,15+,16+,17-,18-;/m00./s1. The molecule has 4 fully saturated rings. The van der Waals surface area contributed by atoms with Gasteiger partial charge in [-0.3, -0.25) is 0 Å². The van der Waals surface area contributed by atoms with Crippen molar-refractivity contribution in [3.8, 4) is 11.5 Å². The molecule has 0 aromatic heterocycles. The molecule has 0 unspecified atom stereocenters. The summed E-state index contributed by atoms with van der Waals surface area (Å²) < 4.78 is 0. The Labute approximate surface area is 245 Å². The van der Waals surface area contributed by atoms with Gasteiger partial charge in [-0.1, -0.05) is 26.0 Å². The summed E-state index contributed by atoms with van der Waals surface area (Å²) in [7, 11) is 0. The van der Waals surface area contributed by atoms with Crippen molar-refractivity contribution in [3.63, 3.8) is 0 Å². The number of phenolic OH excluding ortho intramolecular Hbond substituents is 2. The van der Waals surface area contributed by atoms with Crippen LogP contribution in [0.5, 0.6) is 11.5 Å². The van der Waals surface area contributed by atoms with Gasteiger partial charge in [-0.2, -0.15) is 0 Å². The summed E-state index contributed by atoms with van der Waals surface area (Å²) in [6, 6.07) is 11.9. The quantitative estimate of drug-likeness (QED) is 0.298. The minimum absolute atomic E-state index is 0. The Bertz CT molecular complexity index is 1180. The Morgan fingerprint density at radius 3 is 1.41 bits per heavy atom. The van der Waals surface area contributed by atoms with E-state index in [1.165, 1.54) is 60.8 Å². The van der Waals surface area contributed by atoms with E-state index in [9.17, 15) is 20.4 Å². The molecule has 0 saturated heterocycles. The van der Waals surface area contributed by atoms with Gasteiger partial charge in [0.15, 0.2) is 0 Å². The summed E-state index contributed by atoms with van der Waals surface area (Å²) in [6.45, 7) is 4.63. The Morgan fingerprint density at radius 2 is 1.00 bits per heavy atom. The minimum Gasteiger partial charge on any atom is -0.508 e. The highest BCUT2D eigenvalue weighted by molar-refractivity contribution is 5.41. The van der Waals surface area contributed by atoms with Crippen LogP contribution in [-0.2, 0) is 12.8 Å². The molecular formula is C36H50O5. The molecule has 8 rings (SSSR count). The van der Waals surface area contributed by atoms with Gasteiger partial charge in [0.2, 0.25) is 0 Å². The number of aliphatic hydroxyl groups excluding tert-OH is 2. The molecule has 0 radical (unpaired) electrons. The van der Waals surface area contributed by atoms with Crippen LogP contribution in [0.25, 0.3) is 0 Å². The number of aromatic hydroxyl groups is 2. The lowest BCUT2D eigenvalue weighted by molar-refractivity contribution is -0.0226. The maximum atomic E-state index is 10.4. The average Bonchev–Trinajstić information content (AvgIpc) is 3.43. The molecule has 0 aliphatic heterocycles. The van der Waals surface area contributed by atoms with Crippen molar-refractivity contribution in [1.82, 2.24) is 0 Å². The number of fused-ring (bicyclic) bond motifs is 10. The van der Waals surface area contributed by atoms with Crippen molar-refractivity contribution in [2.75, 3.05) is 0 Å². The van der Waals surface area contributed by atoms with Crippen molar-refractivity contribution >= 4 is 0 Å². The second-order valence-electron chi connectivity index (χ2n) is 14.9. The molecule has 0 bridgehead atoms. The summed E-state index contributed by atoms with van der Waals surface area (Å²) in [4.78, 5) is 0. The molecule has 0 spiro atoms. The fraction of sp³-hybridized carbons (Fsp3) is 0.667. The predicted molar refractivity (Wildman–Crippen MR) is 161 cm³/mol. The van der Waals surface area contributed by atoms with E-state index >= 15 is 0 Å². The van der Waals surface area contributed by atoms with Crippen molar-refractivity contribution in [1.29, 1.82) is 0 Å². The lowest BCUT2D eigenvalue weighted by atomic mass is 9.55. The topological polar surface area (TPSA) is 112 Å². The van der Waals surface area contributed by atoms with Gasteiger partial charge in [0.05, 0.1) is 12.2 Å². The monoisotopic (exact) mass is 562 g/mol. The summed E-state index contributed by atoms with van der Waals surface area (Å²) in [5, 5.41) is 40.1. The molecule has 2 aromatic rings. The number of aryl methyl sites for hydroxylation is 2. The van der Waals surface area contributed by atoms with Gasteiger partial charge in [0, 0.05) is 0 Å². The Kier molecular flexibility index (Phi) is 7.48. The smallest absolute Gasteiger partial charge is 0.115 e. The zero-order valence-electron chi connectivity index (χ0n) is 24.9. The van der Waals surface area contributed by atoms with Crippen LogP contribution in [-0.4, -0.2) is 38.1 Å². The zero-order valence-corrected chi connectivity index (χ0v) is 24.9. The second-order valence-corrected chi connectivity index (χ2v) is 14.9. The van der Waals surface area contributed by atoms with Crippen LogP contribution in [0, 0.1) is 34.5 Å². The van der Waals surface area contributed by atoms with Crippen LogP contribution in [0.2, 0.25) is 0 Å². The first-order valence-electron chi connectivity index (χ1n) is 16.2. The molecule has 6 aliphatic rings. The molecule has 0 amide bonds. The van der Waals surface area contributed by atoms with E-state index in [2.05, 4.69) is 26.0 Å². The van der Waals surface area contributed by atoms with Gasteiger partial charge in [0.25, 0.3) is 0 Å². The molecule has 0 heterocycles. The van der Waals surface area contributed by atoms with Gasteiger partial charge in [-0.15, -0.1) is 0 Å². The van der Waals surface area contributed by atoms with Crippen LogP contribution in [0.1, 0.15) is 112 Å². The van der Waals surface area contributed by atoms with Crippen LogP contribution in [0.4, 0.5) is 0 Å². The lowest BCUT2D eigenvalue weighted by Gasteiger charge is -2.50. The van der Waals surface area contributed by atoms with Gasteiger partial charge in [-0.25, -0.2) is 0 Å². The van der Waals surface area contributed by atoms with Gasteiger partial charge < -0.3 is 25.9 Å². The largest absolute Gasteiger partial charge is 0.508 e. The van der Waals surface area contributed by atoms with Gasteiger partial charge in [0.1, 0.15) is 11.5 Å². The summed E-state index contributed by atoms with van der Waals surface area (Å²) in [5.41, 5.74) is 5.98. The Balaban J connectivity index is 0.000000144. The lowest BCUT2D eigenvalue weighted by Crippen LogP contribution is -2.43. The number of hydrogen-bond donors (Lipinski definition) is 4. The Hall–Kier alpha value is -2.08. The molecule has 224 valence electrons. The highest BCUT2D eigenvalue weighted by Crippen LogP contribution is 2.62. The first kappa shape index (κ1) is 29.0. The number of benzene rings is 2. The molecule has 6 aliphatic carbocycles. The predicted octanol–water partition coefficient (Wildman–Crippen LogP) is 6.39. The highest BCUT2D eigenvalue weighted by Gasteiger charge is 2.55. The fourth-order valence-corrected chi connectivity index (χ4v) is 11.1. The number of phenols is 2. The fourth-order valence-electron chi connectivity index (χ4n) is 11.1. The van der Waals surface area contributed by atoms with Gasteiger partial charge in [-0.05, 0) is 170 Å². The summed E-state index contributed by atoms with van der Waals surface area (Å²) in [5.74, 6) is 4.98. The molecular weight excluding hydrogens is 512 g/mol. The average molecular weight is 563 g/mol. The first-order chi connectivity index (χ1) is 19.2. The third-order valence-corrected chi connectivity index (χ3v) is 13.3. The molecule has 10 atom stereocenters. The van der Waals surface area contributed by atoms with Crippen molar-refractivity contribution < 1.29 is 25.9 Å². The summed E-state index contributed by atoms with van der Waals surface area (Å²) in [6.07, 6.45) is 13.6. The minimum atomic E-state index is -0.0883. The van der Waals surface area contributed by atoms with E-state index in [4.69, 9.17) is 0 Å². The zero-order chi connectivity index (χ0) is 27.8. The number of hydrogen-bond acceptors (Lipinski definition) is 4. The van der Waals surface area contributed by atoms with Crippen LogP contribution in [0.3, 0.4) is 0 Å². The Morgan fingerprint density at radius 1 is 0.585 bits per heavy atom. The first-order valence-corrected chi connectivity index (χ1v) is 16.2. The maximum Gasteiger partial charge on any atom is 0.115 e. The van der Waals surface area contributed by atoms with Gasteiger partial charge >= 0.3 is 0 Å². The SMILES string of the molecule is C[C@]12CC[C@H]3c4ccc(O)cc4CC[C@H]3[C@H]1CC[C@@H]2O.C[C@]12CC[C@H]3c4ccc(O)cc4CC[C@H]3[C@H]1CC[C@@H]2O.O. The van der Waals surface area contributed by atoms with E-state index < -0.39 is 0 Å². The second kappa shape index (κ2) is 10.6. The van der Waals surface area contributed by atoms with E-state index in [1.54, 1.807) is 0 Å². The third-order valence-electron chi connectivity index (χ3n) is 13.3. The molecule has 2 aromatic carbocycles. The van der Waals surface area contributed by atoms with Crippen LogP contribution < -0.4 is 0 Å². The molecule has 4 saturated carbocycles.